The Balaban J connectivity index is 0.000000212. The molecule has 0 bridgehead atoms. The molecule has 3 rings (SSSR count). The summed E-state index contributed by atoms with van der Waals surface area (Å²) in [5, 5.41) is 0. The van der Waals surface area contributed by atoms with Crippen LogP contribution in [-0.2, 0) is 4.74 Å². The first-order valence-corrected chi connectivity index (χ1v) is 10.6. The van der Waals surface area contributed by atoms with Gasteiger partial charge in [0.15, 0.2) is 0 Å². The second-order valence-electron chi connectivity index (χ2n) is 8.00. The smallest absolute Gasteiger partial charge is 0.126 e. The number of benzene rings is 2. The molecule has 0 amide bonds. The summed E-state index contributed by atoms with van der Waals surface area (Å²) in [5.41, 5.74) is 2.50. The lowest BCUT2D eigenvalue weighted by molar-refractivity contribution is 0.0255. The molecule has 0 spiro atoms. The normalized spacial score (nSPS) is 14.7. The predicted octanol–water partition coefficient (Wildman–Crippen LogP) is 6.73. The predicted molar refractivity (Wildman–Crippen MR) is 122 cm³/mol. The summed E-state index contributed by atoms with van der Waals surface area (Å²) in [5.74, 6) is 3.07. The van der Waals surface area contributed by atoms with Crippen molar-refractivity contribution < 1.29 is 14.2 Å². The number of para-hydroxylation sites is 1. The molecule has 1 aliphatic rings. The van der Waals surface area contributed by atoms with Gasteiger partial charge in [0.2, 0.25) is 0 Å². The molecular formula is C26H36O3. The Bertz CT molecular complexity index is 726. The van der Waals surface area contributed by atoms with Crippen LogP contribution in [0.4, 0.5) is 0 Å². The van der Waals surface area contributed by atoms with Gasteiger partial charge in [-0.1, -0.05) is 70.2 Å². The Hall–Kier alpha value is -2.26. The van der Waals surface area contributed by atoms with Crippen molar-refractivity contribution in [2.24, 2.45) is 5.92 Å². The van der Waals surface area contributed by atoms with E-state index in [1.165, 1.54) is 5.56 Å². The molecular weight excluding hydrogens is 360 g/mol. The van der Waals surface area contributed by atoms with Gasteiger partial charge in [0, 0.05) is 18.4 Å². The average molecular weight is 397 g/mol. The van der Waals surface area contributed by atoms with Gasteiger partial charge in [0.1, 0.15) is 17.6 Å². The van der Waals surface area contributed by atoms with Crippen molar-refractivity contribution in [3.05, 3.63) is 65.7 Å². The lowest BCUT2D eigenvalue weighted by Crippen LogP contribution is -2.25. The molecule has 0 unspecified atom stereocenters. The molecule has 2 aromatic rings. The minimum Gasteiger partial charge on any atom is -0.496 e. The van der Waals surface area contributed by atoms with Crippen molar-refractivity contribution in [3.8, 4) is 11.5 Å². The van der Waals surface area contributed by atoms with Crippen LogP contribution in [0.2, 0.25) is 0 Å². The Morgan fingerprint density at radius 1 is 0.931 bits per heavy atom. The molecule has 1 aliphatic heterocycles. The van der Waals surface area contributed by atoms with Crippen molar-refractivity contribution in [1.82, 2.24) is 0 Å². The van der Waals surface area contributed by atoms with Gasteiger partial charge in [-0.25, -0.2) is 0 Å². The summed E-state index contributed by atoms with van der Waals surface area (Å²) < 4.78 is 16.4. The molecule has 0 radical (unpaired) electrons. The number of rotatable bonds is 6. The number of methoxy groups -OCH3 is 1. The van der Waals surface area contributed by atoms with Crippen molar-refractivity contribution in [3.63, 3.8) is 0 Å². The first kappa shape index (κ1) is 23.0. The molecule has 1 fully saturated rings. The summed E-state index contributed by atoms with van der Waals surface area (Å²) in [4.78, 5) is 0. The molecule has 0 aromatic heterocycles. The zero-order valence-electron chi connectivity index (χ0n) is 18.6. The summed E-state index contributed by atoms with van der Waals surface area (Å²) >= 11 is 0. The maximum atomic E-state index is 5.91. The second-order valence-corrected chi connectivity index (χ2v) is 8.00. The summed E-state index contributed by atoms with van der Waals surface area (Å²) in [6, 6.07) is 16.5. The SMILES string of the molecule is CC(C)c1ccc(OC2CCOCC2)cc1.COc1ccccc1/C=C/C(C)C. The van der Waals surface area contributed by atoms with Gasteiger partial charge in [-0.3, -0.25) is 0 Å². The van der Waals surface area contributed by atoms with Crippen LogP contribution in [0.5, 0.6) is 11.5 Å². The van der Waals surface area contributed by atoms with E-state index in [1.807, 2.05) is 18.2 Å². The molecule has 1 saturated heterocycles. The van der Waals surface area contributed by atoms with Crippen LogP contribution < -0.4 is 9.47 Å². The van der Waals surface area contributed by atoms with Crippen LogP contribution in [0.1, 0.15) is 57.6 Å². The average Bonchev–Trinajstić information content (AvgIpc) is 2.74. The summed E-state index contributed by atoms with van der Waals surface area (Å²) in [7, 11) is 1.70. The molecule has 0 N–H and O–H groups in total. The molecule has 0 atom stereocenters. The number of hydrogen-bond acceptors (Lipinski definition) is 3. The van der Waals surface area contributed by atoms with E-state index in [1.54, 1.807) is 7.11 Å². The Morgan fingerprint density at radius 3 is 2.17 bits per heavy atom. The van der Waals surface area contributed by atoms with E-state index in [0.717, 1.165) is 43.1 Å². The fraction of sp³-hybridized carbons (Fsp3) is 0.462. The van der Waals surface area contributed by atoms with Gasteiger partial charge >= 0.3 is 0 Å². The molecule has 0 saturated carbocycles. The van der Waals surface area contributed by atoms with Crippen molar-refractivity contribution in [2.75, 3.05) is 20.3 Å². The highest BCUT2D eigenvalue weighted by Gasteiger charge is 2.15. The maximum absolute atomic E-state index is 5.91. The number of allylic oxidation sites excluding steroid dienone is 1. The first-order valence-electron chi connectivity index (χ1n) is 10.6. The molecule has 158 valence electrons. The van der Waals surface area contributed by atoms with Crippen molar-refractivity contribution in [2.45, 2.75) is 52.6 Å². The number of hydrogen-bond donors (Lipinski definition) is 0. The molecule has 3 heteroatoms. The lowest BCUT2D eigenvalue weighted by Gasteiger charge is -2.23. The van der Waals surface area contributed by atoms with Crippen LogP contribution in [0.3, 0.4) is 0 Å². The molecule has 2 aromatic carbocycles. The Morgan fingerprint density at radius 2 is 1.59 bits per heavy atom. The highest BCUT2D eigenvalue weighted by atomic mass is 16.5. The van der Waals surface area contributed by atoms with E-state index in [4.69, 9.17) is 14.2 Å². The number of ether oxygens (including phenoxy) is 3. The highest BCUT2D eigenvalue weighted by molar-refractivity contribution is 5.57. The molecule has 29 heavy (non-hydrogen) atoms. The highest BCUT2D eigenvalue weighted by Crippen LogP contribution is 2.22. The van der Waals surface area contributed by atoms with Gasteiger partial charge in [0.25, 0.3) is 0 Å². The molecule has 1 heterocycles. The van der Waals surface area contributed by atoms with E-state index < -0.39 is 0 Å². The maximum Gasteiger partial charge on any atom is 0.126 e. The summed E-state index contributed by atoms with van der Waals surface area (Å²) in [6.07, 6.45) is 6.61. The van der Waals surface area contributed by atoms with E-state index in [9.17, 15) is 0 Å². The van der Waals surface area contributed by atoms with Gasteiger partial charge in [-0.15, -0.1) is 0 Å². The Kier molecular flexibility index (Phi) is 9.79. The van der Waals surface area contributed by atoms with Gasteiger partial charge < -0.3 is 14.2 Å². The van der Waals surface area contributed by atoms with Crippen LogP contribution >= 0.6 is 0 Å². The van der Waals surface area contributed by atoms with Gasteiger partial charge in [-0.2, -0.15) is 0 Å². The van der Waals surface area contributed by atoms with Crippen LogP contribution in [0, 0.1) is 5.92 Å². The molecule has 3 nitrogen and oxygen atoms in total. The van der Waals surface area contributed by atoms with E-state index in [0.29, 0.717) is 17.9 Å². The fourth-order valence-electron chi connectivity index (χ4n) is 3.02. The second kappa shape index (κ2) is 12.3. The third kappa shape index (κ3) is 8.33. The van der Waals surface area contributed by atoms with Gasteiger partial charge in [-0.05, 0) is 35.6 Å². The van der Waals surface area contributed by atoms with E-state index >= 15 is 0 Å². The Labute approximate surface area is 176 Å². The third-order valence-corrected chi connectivity index (χ3v) is 4.82. The monoisotopic (exact) mass is 396 g/mol. The topological polar surface area (TPSA) is 27.7 Å². The van der Waals surface area contributed by atoms with Crippen molar-refractivity contribution in [1.29, 1.82) is 0 Å². The zero-order chi connectivity index (χ0) is 21.1. The molecule has 0 aliphatic carbocycles. The van der Waals surface area contributed by atoms with Crippen molar-refractivity contribution >= 4 is 6.08 Å². The first-order chi connectivity index (χ1) is 14.0. The van der Waals surface area contributed by atoms with E-state index in [2.05, 4.69) is 70.2 Å². The quantitative estimate of drug-likeness (QED) is 0.541. The summed E-state index contributed by atoms with van der Waals surface area (Å²) in [6.45, 7) is 10.4. The zero-order valence-corrected chi connectivity index (χ0v) is 18.6. The minimum atomic E-state index is 0.332. The lowest BCUT2D eigenvalue weighted by atomic mass is 10.0. The van der Waals surface area contributed by atoms with Crippen LogP contribution in [-0.4, -0.2) is 26.4 Å². The van der Waals surface area contributed by atoms with Crippen LogP contribution in [0.25, 0.3) is 6.08 Å². The van der Waals surface area contributed by atoms with Crippen LogP contribution in [0.15, 0.2) is 54.6 Å². The largest absolute Gasteiger partial charge is 0.496 e. The van der Waals surface area contributed by atoms with E-state index in [-0.39, 0.29) is 0 Å². The standard InChI is InChI=1S/C14H20O2.C12H16O/c1-11(2)12-3-5-13(6-4-12)16-14-7-9-15-10-8-14;1-10(2)8-9-11-6-4-5-7-12(11)13-3/h3-6,11,14H,7-10H2,1-2H3;4-10H,1-3H3/b;9-8+. The minimum absolute atomic E-state index is 0.332. The third-order valence-electron chi connectivity index (χ3n) is 4.82. The van der Waals surface area contributed by atoms with Gasteiger partial charge in [0.05, 0.1) is 20.3 Å². The fourth-order valence-corrected chi connectivity index (χ4v) is 3.02.